The van der Waals surface area contributed by atoms with Crippen LogP contribution in [0.5, 0.6) is 17.2 Å². The van der Waals surface area contributed by atoms with Gasteiger partial charge in [-0.3, -0.25) is 0 Å². The lowest BCUT2D eigenvalue weighted by molar-refractivity contribution is -0.139. The summed E-state index contributed by atoms with van der Waals surface area (Å²) in [6.45, 7) is 1.18. The minimum Gasteiger partial charge on any atom is -0.497 e. The summed E-state index contributed by atoms with van der Waals surface area (Å²) in [6, 6.07) is 13.2. The van der Waals surface area contributed by atoms with Crippen LogP contribution in [0.2, 0.25) is 0 Å². The average molecular weight is 409 g/mol. The maximum absolute atomic E-state index is 12.0. The summed E-state index contributed by atoms with van der Waals surface area (Å²) in [5.74, 6) is 1.73. The Labute approximate surface area is 172 Å². The highest BCUT2D eigenvalue weighted by Crippen LogP contribution is 2.31. The van der Waals surface area contributed by atoms with Crippen molar-refractivity contribution in [2.24, 2.45) is 0 Å². The average Bonchev–Trinajstić information content (AvgIpc) is 3.25. The highest BCUT2D eigenvalue weighted by Gasteiger charge is 2.11. The molecular weight excluding hydrogens is 390 g/mol. The maximum Gasteiger partial charge on any atom is 0.331 e. The number of aromatic nitrogens is 1. The molecule has 0 N–H and O–H groups in total. The summed E-state index contributed by atoms with van der Waals surface area (Å²) in [5, 5.41) is 2.73. The maximum atomic E-state index is 12.0. The molecule has 2 aromatic carbocycles. The molecule has 29 heavy (non-hydrogen) atoms. The molecule has 1 aromatic heterocycles. The largest absolute Gasteiger partial charge is 0.497 e. The molecule has 7 heteroatoms. The molecule has 0 bridgehead atoms. The topological polar surface area (TPSA) is 66.9 Å². The number of benzene rings is 2. The van der Waals surface area contributed by atoms with Crippen molar-refractivity contribution in [3.05, 3.63) is 65.2 Å². The van der Waals surface area contributed by atoms with Gasteiger partial charge in [-0.1, -0.05) is 18.2 Å². The molecule has 0 spiro atoms. The number of rotatable bonds is 6. The minimum atomic E-state index is -0.434. The van der Waals surface area contributed by atoms with Gasteiger partial charge < -0.3 is 18.9 Å². The third-order valence-electron chi connectivity index (χ3n) is 4.21. The number of hydrogen-bond donors (Lipinski definition) is 0. The molecule has 3 aromatic rings. The highest BCUT2D eigenvalue weighted by molar-refractivity contribution is 7.13. The van der Waals surface area contributed by atoms with Gasteiger partial charge in [0.15, 0.2) is 11.5 Å². The van der Waals surface area contributed by atoms with Crippen LogP contribution in [0.25, 0.3) is 16.6 Å². The van der Waals surface area contributed by atoms with Gasteiger partial charge in [-0.2, -0.15) is 0 Å². The van der Waals surface area contributed by atoms with Crippen molar-refractivity contribution in [2.45, 2.75) is 6.61 Å². The van der Waals surface area contributed by atoms with E-state index in [2.05, 4.69) is 4.98 Å². The predicted molar refractivity (Wildman–Crippen MR) is 110 cm³/mol. The Bertz CT molecular complexity index is 1040. The molecule has 1 aliphatic rings. The van der Waals surface area contributed by atoms with Crippen LogP contribution < -0.4 is 14.2 Å². The van der Waals surface area contributed by atoms with Gasteiger partial charge in [0.05, 0.1) is 12.8 Å². The molecule has 0 fully saturated rings. The first-order valence-electron chi connectivity index (χ1n) is 9.04. The summed E-state index contributed by atoms with van der Waals surface area (Å²) in [5.41, 5.74) is 2.50. The molecule has 1 aliphatic heterocycles. The fourth-order valence-corrected chi connectivity index (χ4v) is 3.58. The Hall–Kier alpha value is -3.32. The summed E-state index contributed by atoms with van der Waals surface area (Å²) in [6.07, 6.45) is 3.07. The van der Waals surface area contributed by atoms with Crippen LogP contribution in [0.3, 0.4) is 0 Å². The minimum absolute atomic E-state index is 0.116. The molecule has 0 saturated heterocycles. The Balaban J connectivity index is 1.34. The van der Waals surface area contributed by atoms with Gasteiger partial charge in [0.2, 0.25) is 0 Å². The number of hydrogen-bond acceptors (Lipinski definition) is 7. The van der Waals surface area contributed by atoms with Gasteiger partial charge in [-0.15, -0.1) is 11.3 Å². The lowest BCUT2D eigenvalue weighted by atomic mass is 10.2. The normalized spacial score (nSPS) is 12.7. The van der Waals surface area contributed by atoms with E-state index in [4.69, 9.17) is 18.9 Å². The second-order valence-corrected chi connectivity index (χ2v) is 7.08. The van der Waals surface area contributed by atoms with Gasteiger partial charge in [0.1, 0.15) is 30.6 Å². The van der Waals surface area contributed by atoms with Gasteiger partial charge in [0.25, 0.3) is 0 Å². The van der Waals surface area contributed by atoms with Crippen molar-refractivity contribution in [2.75, 3.05) is 20.3 Å². The Morgan fingerprint density at radius 3 is 2.90 bits per heavy atom. The van der Waals surface area contributed by atoms with E-state index in [1.54, 1.807) is 13.2 Å². The first kappa shape index (κ1) is 19.0. The smallest absolute Gasteiger partial charge is 0.331 e. The molecule has 0 saturated carbocycles. The number of carbonyl (C=O) groups is 1. The molecule has 2 heterocycles. The fraction of sp³-hybridized carbons (Fsp3) is 0.182. The monoisotopic (exact) mass is 409 g/mol. The van der Waals surface area contributed by atoms with E-state index in [-0.39, 0.29) is 6.61 Å². The third kappa shape index (κ3) is 4.75. The summed E-state index contributed by atoms with van der Waals surface area (Å²) < 4.78 is 21.6. The molecule has 6 nitrogen and oxygen atoms in total. The highest BCUT2D eigenvalue weighted by atomic mass is 32.1. The number of methoxy groups -OCH3 is 1. The van der Waals surface area contributed by atoms with E-state index >= 15 is 0 Å². The quantitative estimate of drug-likeness (QED) is 0.446. The number of fused-ring (bicyclic) bond motifs is 1. The van der Waals surface area contributed by atoms with E-state index in [0.717, 1.165) is 21.9 Å². The van der Waals surface area contributed by atoms with Crippen molar-refractivity contribution in [3.8, 4) is 27.8 Å². The molecular formula is C22H19NO5S. The van der Waals surface area contributed by atoms with Crippen LogP contribution in [-0.2, 0) is 16.1 Å². The van der Waals surface area contributed by atoms with E-state index in [1.807, 2.05) is 47.8 Å². The molecule has 0 unspecified atom stereocenters. The molecule has 0 aliphatic carbocycles. The van der Waals surface area contributed by atoms with Crippen LogP contribution in [0.1, 0.15) is 11.3 Å². The molecule has 148 valence electrons. The summed E-state index contributed by atoms with van der Waals surface area (Å²) in [4.78, 5) is 16.6. The zero-order valence-corrected chi connectivity index (χ0v) is 16.6. The van der Waals surface area contributed by atoms with Crippen LogP contribution >= 0.6 is 11.3 Å². The second kappa shape index (κ2) is 8.79. The Kier molecular flexibility index (Phi) is 5.76. The number of esters is 1. The van der Waals surface area contributed by atoms with Crippen molar-refractivity contribution >= 4 is 23.4 Å². The van der Waals surface area contributed by atoms with Gasteiger partial charge >= 0.3 is 5.97 Å². The van der Waals surface area contributed by atoms with Crippen molar-refractivity contribution < 1.29 is 23.7 Å². The first-order valence-corrected chi connectivity index (χ1v) is 9.92. The third-order valence-corrected chi connectivity index (χ3v) is 5.15. The molecule has 4 rings (SSSR count). The predicted octanol–water partition coefficient (Wildman–Crippen LogP) is 4.35. The van der Waals surface area contributed by atoms with Crippen LogP contribution in [0.4, 0.5) is 0 Å². The van der Waals surface area contributed by atoms with E-state index in [9.17, 15) is 4.79 Å². The molecule has 0 radical (unpaired) electrons. The number of carbonyl (C=O) groups excluding carboxylic acids is 1. The number of thiazole rings is 1. The lowest BCUT2D eigenvalue weighted by Gasteiger charge is -2.18. The Morgan fingerprint density at radius 1 is 1.17 bits per heavy atom. The molecule has 0 amide bonds. The van der Waals surface area contributed by atoms with Gasteiger partial charge in [-0.05, 0) is 35.9 Å². The zero-order chi connectivity index (χ0) is 20.1. The fourth-order valence-electron chi connectivity index (χ4n) is 2.78. The molecule has 0 atom stereocenters. The SMILES string of the molecule is COc1cccc(-c2nc(COC(=O)/C=C/c3ccc4c(c3)OCCO4)cs2)c1. The first-order chi connectivity index (χ1) is 14.2. The summed E-state index contributed by atoms with van der Waals surface area (Å²) >= 11 is 1.50. The van der Waals surface area contributed by atoms with E-state index in [1.165, 1.54) is 17.4 Å². The standard InChI is InChI=1S/C22H19NO5S/c1-25-18-4-2-3-16(12-18)22-23-17(14-29-22)13-28-21(24)8-6-15-5-7-19-20(11-15)27-10-9-26-19/h2-8,11-12,14H,9-10,13H2,1H3/b8-6+. The zero-order valence-electron chi connectivity index (χ0n) is 15.8. The Morgan fingerprint density at radius 2 is 2.03 bits per heavy atom. The van der Waals surface area contributed by atoms with Gasteiger partial charge in [0, 0.05) is 17.0 Å². The van der Waals surface area contributed by atoms with Crippen LogP contribution in [0.15, 0.2) is 53.9 Å². The van der Waals surface area contributed by atoms with E-state index < -0.39 is 5.97 Å². The van der Waals surface area contributed by atoms with Crippen molar-refractivity contribution in [1.82, 2.24) is 4.98 Å². The van der Waals surface area contributed by atoms with E-state index in [0.29, 0.717) is 30.4 Å². The lowest BCUT2D eigenvalue weighted by Crippen LogP contribution is -2.15. The van der Waals surface area contributed by atoms with Gasteiger partial charge in [-0.25, -0.2) is 9.78 Å². The van der Waals surface area contributed by atoms with Crippen LogP contribution in [-0.4, -0.2) is 31.3 Å². The second-order valence-electron chi connectivity index (χ2n) is 6.22. The van der Waals surface area contributed by atoms with Crippen molar-refractivity contribution in [3.63, 3.8) is 0 Å². The number of ether oxygens (including phenoxy) is 4. The number of nitrogens with zero attached hydrogens (tertiary/aromatic N) is 1. The van der Waals surface area contributed by atoms with Crippen LogP contribution in [0, 0.1) is 0 Å². The summed E-state index contributed by atoms with van der Waals surface area (Å²) in [7, 11) is 1.63. The van der Waals surface area contributed by atoms with Crippen molar-refractivity contribution in [1.29, 1.82) is 0 Å².